The van der Waals surface area contributed by atoms with Gasteiger partial charge in [-0.3, -0.25) is 0 Å². The second-order valence-electron chi connectivity index (χ2n) is 7.68. The first-order chi connectivity index (χ1) is 14.4. The topological polar surface area (TPSA) is 68.5 Å². The standard InChI is InChI=1S/C24H31N3O3/c1-16-11-17(2)18(3)22(12-16)30-15-20(28)14-26-23(24-25-9-10-27(24)4)19-7-6-8-21(13-19)29-5/h6-13,20,23,26,28H,14-15H2,1-5H3. The van der Waals surface area contributed by atoms with E-state index >= 15 is 0 Å². The van der Waals surface area contributed by atoms with E-state index in [9.17, 15) is 5.11 Å². The SMILES string of the molecule is COc1cccc(C(NCC(O)COc2cc(C)cc(C)c2C)c2nccn2C)c1. The molecular formula is C24H31N3O3. The minimum Gasteiger partial charge on any atom is -0.497 e. The third-order valence-corrected chi connectivity index (χ3v) is 5.30. The summed E-state index contributed by atoms with van der Waals surface area (Å²) in [6.45, 7) is 6.72. The lowest BCUT2D eigenvalue weighted by atomic mass is 10.1. The number of aryl methyl sites for hydroxylation is 3. The number of aliphatic hydroxyl groups is 1. The maximum Gasteiger partial charge on any atom is 0.130 e. The van der Waals surface area contributed by atoms with Crippen molar-refractivity contribution in [1.29, 1.82) is 0 Å². The highest BCUT2D eigenvalue weighted by atomic mass is 16.5. The van der Waals surface area contributed by atoms with Gasteiger partial charge in [-0.05, 0) is 61.2 Å². The average Bonchev–Trinajstić information content (AvgIpc) is 3.15. The van der Waals surface area contributed by atoms with Crippen LogP contribution in [0.1, 0.15) is 34.1 Å². The molecule has 30 heavy (non-hydrogen) atoms. The number of benzene rings is 2. The van der Waals surface area contributed by atoms with Crippen molar-refractivity contribution in [2.75, 3.05) is 20.3 Å². The highest BCUT2D eigenvalue weighted by Crippen LogP contribution is 2.25. The maximum absolute atomic E-state index is 10.6. The third-order valence-electron chi connectivity index (χ3n) is 5.30. The van der Waals surface area contributed by atoms with Crippen molar-refractivity contribution in [2.24, 2.45) is 7.05 Å². The van der Waals surface area contributed by atoms with Gasteiger partial charge in [0.15, 0.2) is 0 Å². The van der Waals surface area contributed by atoms with Crippen LogP contribution in [0.2, 0.25) is 0 Å². The van der Waals surface area contributed by atoms with Crippen LogP contribution >= 0.6 is 0 Å². The van der Waals surface area contributed by atoms with Gasteiger partial charge in [-0.15, -0.1) is 0 Å². The van der Waals surface area contributed by atoms with Crippen LogP contribution in [0.15, 0.2) is 48.8 Å². The summed E-state index contributed by atoms with van der Waals surface area (Å²) >= 11 is 0. The zero-order valence-electron chi connectivity index (χ0n) is 18.3. The molecule has 6 nitrogen and oxygen atoms in total. The van der Waals surface area contributed by atoms with Crippen molar-refractivity contribution < 1.29 is 14.6 Å². The zero-order chi connectivity index (χ0) is 21.7. The van der Waals surface area contributed by atoms with Crippen molar-refractivity contribution in [3.05, 3.63) is 76.9 Å². The number of hydrogen-bond donors (Lipinski definition) is 2. The van der Waals surface area contributed by atoms with E-state index < -0.39 is 6.10 Å². The van der Waals surface area contributed by atoms with Crippen molar-refractivity contribution >= 4 is 0 Å². The van der Waals surface area contributed by atoms with Crippen molar-refractivity contribution in [1.82, 2.24) is 14.9 Å². The summed E-state index contributed by atoms with van der Waals surface area (Å²) < 4.78 is 13.3. The van der Waals surface area contributed by atoms with E-state index in [2.05, 4.69) is 23.3 Å². The van der Waals surface area contributed by atoms with Gasteiger partial charge in [0.05, 0.1) is 13.2 Å². The third kappa shape index (κ3) is 5.20. The van der Waals surface area contributed by atoms with Crippen molar-refractivity contribution in [3.63, 3.8) is 0 Å². The highest BCUT2D eigenvalue weighted by molar-refractivity contribution is 5.42. The fraction of sp³-hybridized carbons (Fsp3) is 0.375. The number of hydrogen-bond acceptors (Lipinski definition) is 5. The van der Waals surface area contributed by atoms with Crippen LogP contribution in [0.5, 0.6) is 11.5 Å². The summed E-state index contributed by atoms with van der Waals surface area (Å²) in [5, 5.41) is 14.0. The molecule has 0 aliphatic rings. The van der Waals surface area contributed by atoms with Crippen LogP contribution in [-0.4, -0.2) is 41.0 Å². The number of rotatable bonds is 9. The molecule has 0 saturated heterocycles. The molecule has 2 unspecified atom stereocenters. The number of aliphatic hydroxyl groups excluding tert-OH is 1. The quantitative estimate of drug-likeness (QED) is 0.566. The first-order valence-electron chi connectivity index (χ1n) is 10.1. The Bertz CT molecular complexity index is 984. The average molecular weight is 410 g/mol. The summed E-state index contributed by atoms with van der Waals surface area (Å²) in [6, 6.07) is 11.8. The Hall–Kier alpha value is -2.83. The molecule has 6 heteroatoms. The molecule has 0 bridgehead atoms. The molecule has 0 fully saturated rings. The van der Waals surface area contributed by atoms with E-state index in [-0.39, 0.29) is 12.6 Å². The molecule has 3 aromatic rings. The fourth-order valence-corrected chi connectivity index (χ4v) is 3.48. The molecule has 0 spiro atoms. The van der Waals surface area contributed by atoms with Crippen LogP contribution in [-0.2, 0) is 7.05 Å². The molecule has 2 atom stereocenters. The van der Waals surface area contributed by atoms with Gasteiger partial charge in [-0.2, -0.15) is 0 Å². The van der Waals surface area contributed by atoms with E-state index in [4.69, 9.17) is 9.47 Å². The van der Waals surface area contributed by atoms with Gasteiger partial charge in [-0.1, -0.05) is 18.2 Å². The van der Waals surface area contributed by atoms with Gasteiger partial charge < -0.3 is 24.5 Å². The molecule has 0 aliphatic heterocycles. The summed E-state index contributed by atoms with van der Waals surface area (Å²) in [4.78, 5) is 4.50. The van der Waals surface area contributed by atoms with Gasteiger partial charge in [0.25, 0.3) is 0 Å². The summed E-state index contributed by atoms with van der Waals surface area (Å²) in [5.74, 6) is 2.46. The van der Waals surface area contributed by atoms with Crippen LogP contribution in [0.4, 0.5) is 0 Å². The Labute approximate surface area is 178 Å². The lowest BCUT2D eigenvalue weighted by molar-refractivity contribution is 0.104. The summed E-state index contributed by atoms with van der Waals surface area (Å²) in [6.07, 6.45) is 3.01. The number of aromatic nitrogens is 2. The molecule has 160 valence electrons. The number of imidazole rings is 1. The Morgan fingerprint density at radius 1 is 1.17 bits per heavy atom. The van der Waals surface area contributed by atoms with E-state index in [1.54, 1.807) is 13.3 Å². The predicted octanol–water partition coefficient (Wildman–Crippen LogP) is 3.47. The summed E-state index contributed by atoms with van der Waals surface area (Å²) in [5.41, 5.74) is 4.45. The zero-order valence-corrected chi connectivity index (χ0v) is 18.3. The fourth-order valence-electron chi connectivity index (χ4n) is 3.48. The van der Waals surface area contributed by atoms with Crippen molar-refractivity contribution in [2.45, 2.75) is 32.9 Å². The predicted molar refractivity (Wildman–Crippen MR) is 118 cm³/mol. The number of methoxy groups -OCH3 is 1. The normalized spacial score (nSPS) is 13.1. The van der Waals surface area contributed by atoms with Gasteiger partial charge in [-0.25, -0.2) is 4.98 Å². The maximum atomic E-state index is 10.6. The molecule has 0 aliphatic carbocycles. The molecule has 2 N–H and O–H groups in total. The molecule has 1 heterocycles. The second-order valence-corrected chi connectivity index (χ2v) is 7.68. The van der Waals surface area contributed by atoms with Crippen LogP contribution < -0.4 is 14.8 Å². The van der Waals surface area contributed by atoms with Crippen molar-refractivity contribution in [3.8, 4) is 11.5 Å². The Morgan fingerprint density at radius 3 is 2.67 bits per heavy atom. The number of ether oxygens (including phenoxy) is 2. The molecule has 3 rings (SSSR count). The minimum absolute atomic E-state index is 0.183. The molecular weight excluding hydrogens is 378 g/mol. The van der Waals surface area contributed by atoms with Gasteiger partial charge >= 0.3 is 0 Å². The van der Waals surface area contributed by atoms with Gasteiger partial charge in [0.1, 0.15) is 30.0 Å². The molecule has 2 aromatic carbocycles. The van der Waals surface area contributed by atoms with Crippen LogP contribution in [0, 0.1) is 20.8 Å². The number of nitrogens with zero attached hydrogens (tertiary/aromatic N) is 2. The van der Waals surface area contributed by atoms with Gasteiger partial charge in [0.2, 0.25) is 0 Å². The lowest BCUT2D eigenvalue weighted by Gasteiger charge is -2.22. The van der Waals surface area contributed by atoms with E-state index in [1.165, 1.54) is 5.56 Å². The summed E-state index contributed by atoms with van der Waals surface area (Å²) in [7, 11) is 3.61. The lowest BCUT2D eigenvalue weighted by Crippen LogP contribution is -2.35. The Kier molecular flexibility index (Phi) is 7.13. The van der Waals surface area contributed by atoms with Crippen LogP contribution in [0.25, 0.3) is 0 Å². The molecule has 1 aromatic heterocycles. The smallest absolute Gasteiger partial charge is 0.130 e. The Morgan fingerprint density at radius 2 is 1.97 bits per heavy atom. The number of nitrogens with one attached hydrogen (secondary N) is 1. The first-order valence-corrected chi connectivity index (χ1v) is 10.1. The second kappa shape index (κ2) is 9.78. The minimum atomic E-state index is -0.668. The van der Waals surface area contributed by atoms with E-state index in [0.717, 1.165) is 34.0 Å². The van der Waals surface area contributed by atoms with E-state index in [0.29, 0.717) is 6.54 Å². The molecule has 0 saturated carbocycles. The highest BCUT2D eigenvalue weighted by Gasteiger charge is 2.20. The first kappa shape index (κ1) is 21.9. The Balaban J connectivity index is 1.69. The van der Waals surface area contributed by atoms with Crippen LogP contribution in [0.3, 0.4) is 0 Å². The molecule has 0 radical (unpaired) electrons. The monoisotopic (exact) mass is 409 g/mol. The van der Waals surface area contributed by atoms with E-state index in [1.807, 2.05) is 62.0 Å². The largest absolute Gasteiger partial charge is 0.497 e. The molecule has 0 amide bonds. The van der Waals surface area contributed by atoms with Gasteiger partial charge in [0, 0.05) is 26.0 Å².